The van der Waals surface area contributed by atoms with Gasteiger partial charge in [-0.3, -0.25) is 4.90 Å². The first kappa shape index (κ1) is 13.0. The van der Waals surface area contributed by atoms with Crippen molar-refractivity contribution in [2.75, 3.05) is 18.8 Å². The molecule has 0 saturated heterocycles. The predicted molar refractivity (Wildman–Crippen MR) is 71.3 cm³/mol. The molecule has 2 heteroatoms. The summed E-state index contributed by atoms with van der Waals surface area (Å²) in [6.07, 6.45) is 1.20. The van der Waals surface area contributed by atoms with E-state index in [4.69, 9.17) is 5.73 Å². The van der Waals surface area contributed by atoms with Crippen LogP contribution in [0.5, 0.6) is 0 Å². The molecular formula is C14H24N2. The van der Waals surface area contributed by atoms with Crippen molar-refractivity contribution in [3.63, 3.8) is 0 Å². The van der Waals surface area contributed by atoms with E-state index in [2.05, 4.69) is 37.8 Å². The van der Waals surface area contributed by atoms with E-state index in [-0.39, 0.29) is 0 Å². The van der Waals surface area contributed by atoms with Gasteiger partial charge >= 0.3 is 0 Å². The quantitative estimate of drug-likeness (QED) is 0.746. The van der Waals surface area contributed by atoms with Gasteiger partial charge in [0.15, 0.2) is 0 Å². The fourth-order valence-corrected chi connectivity index (χ4v) is 2.02. The van der Waals surface area contributed by atoms with Gasteiger partial charge in [-0.25, -0.2) is 0 Å². The largest absolute Gasteiger partial charge is 0.399 e. The highest BCUT2D eigenvalue weighted by molar-refractivity contribution is 5.40. The fourth-order valence-electron chi connectivity index (χ4n) is 2.02. The molecule has 0 aliphatic carbocycles. The van der Waals surface area contributed by atoms with E-state index < -0.39 is 0 Å². The Balaban J connectivity index is 2.60. The molecular weight excluding hydrogens is 196 g/mol. The van der Waals surface area contributed by atoms with Crippen molar-refractivity contribution in [2.24, 2.45) is 5.92 Å². The zero-order valence-electron chi connectivity index (χ0n) is 10.7. The molecule has 1 aromatic carbocycles. The molecule has 2 nitrogen and oxygen atoms in total. The smallest absolute Gasteiger partial charge is 0.0317 e. The molecule has 90 valence electrons. The van der Waals surface area contributed by atoms with Crippen LogP contribution in [0.1, 0.15) is 32.8 Å². The Kier molecular flexibility index (Phi) is 5.33. The van der Waals surface area contributed by atoms with Crippen molar-refractivity contribution in [3.05, 3.63) is 29.8 Å². The van der Waals surface area contributed by atoms with Crippen LogP contribution < -0.4 is 5.73 Å². The Morgan fingerprint density at radius 1 is 1.31 bits per heavy atom. The van der Waals surface area contributed by atoms with Gasteiger partial charge in [-0.1, -0.05) is 32.9 Å². The molecule has 0 heterocycles. The van der Waals surface area contributed by atoms with Gasteiger partial charge in [0.25, 0.3) is 0 Å². The first-order valence-corrected chi connectivity index (χ1v) is 6.18. The van der Waals surface area contributed by atoms with Crippen LogP contribution in [0.4, 0.5) is 5.69 Å². The van der Waals surface area contributed by atoms with E-state index in [0.29, 0.717) is 5.92 Å². The van der Waals surface area contributed by atoms with Crippen LogP contribution in [0.15, 0.2) is 24.3 Å². The van der Waals surface area contributed by atoms with Crippen molar-refractivity contribution in [1.29, 1.82) is 0 Å². The zero-order valence-corrected chi connectivity index (χ0v) is 10.7. The van der Waals surface area contributed by atoms with Crippen molar-refractivity contribution in [1.82, 2.24) is 4.90 Å². The molecule has 0 atom stereocenters. The Bertz CT molecular complexity index is 307. The van der Waals surface area contributed by atoms with E-state index in [1.54, 1.807) is 0 Å². The summed E-state index contributed by atoms with van der Waals surface area (Å²) in [4.78, 5) is 2.50. The van der Waals surface area contributed by atoms with Gasteiger partial charge in [0.05, 0.1) is 0 Å². The highest BCUT2D eigenvalue weighted by atomic mass is 15.1. The minimum Gasteiger partial charge on any atom is -0.399 e. The van der Waals surface area contributed by atoms with Gasteiger partial charge in [-0.15, -0.1) is 0 Å². The fraction of sp³-hybridized carbons (Fsp3) is 0.571. The molecule has 2 N–H and O–H groups in total. The van der Waals surface area contributed by atoms with Crippen LogP contribution in [0.3, 0.4) is 0 Å². The summed E-state index contributed by atoms with van der Waals surface area (Å²) in [5.41, 5.74) is 7.96. The first-order chi connectivity index (χ1) is 7.61. The maximum Gasteiger partial charge on any atom is 0.0317 e. The summed E-state index contributed by atoms with van der Waals surface area (Å²) in [7, 11) is 0. The lowest BCUT2D eigenvalue weighted by Crippen LogP contribution is -2.28. The number of anilines is 1. The molecule has 1 rings (SSSR count). The van der Waals surface area contributed by atoms with E-state index in [9.17, 15) is 0 Å². The summed E-state index contributed by atoms with van der Waals surface area (Å²) in [5.74, 6) is 0.715. The molecule has 0 saturated carbocycles. The number of rotatable bonds is 6. The molecule has 16 heavy (non-hydrogen) atoms. The topological polar surface area (TPSA) is 29.3 Å². The van der Waals surface area contributed by atoms with Crippen LogP contribution in [-0.4, -0.2) is 18.0 Å². The third-order valence-electron chi connectivity index (χ3n) is 2.52. The Hall–Kier alpha value is -1.02. The second-order valence-electron chi connectivity index (χ2n) is 4.87. The maximum absolute atomic E-state index is 5.79. The molecule has 0 spiro atoms. The van der Waals surface area contributed by atoms with Gasteiger partial charge in [-0.05, 0) is 36.6 Å². The van der Waals surface area contributed by atoms with Crippen molar-refractivity contribution in [3.8, 4) is 0 Å². The van der Waals surface area contributed by atoms with Crippen molar-refractivity contribution < 1.29 is 0 Å². The van der Waals surface area contributed by atoms with Crippen LogP contribution in [0.25, 0.3) is 0 Å². The summed E-state index contributed by atoms with van der Waals surface area (Å²) in [6, 6.07) is 8.20. The maximum atomic E-state index is 5.79. The van der Waals surface area contributed by atoms with E-state index in [1.807, 2.05) is 12.1 Å². The molecule has 0 aliphatic rings. The number of nitrogens with two attached hydrogens (primary N) is 1. The molecule has 0 bridgehead atoms. The average Bonchev–Trinajstić information content (AvgIpc) is 2.16. The Morgan fingerprint density at radius 3 is 2.62 bits per heavy atom. The average molecular weight is 220 g/mol. The predicted octanol–water partition coefficient (Wildman–Crippen LogP) is 3.14. The lowest BCUT2D eigenvalue weighted by Gasteiger charge is -2.23. The Labute approximate surface area is 99.5 Å². The van der Waals surface area contributed by atoms with E-state index in [1.165, 1.54) is 12.0 Å². The van der Waals surface area contributed by atoms with Crippen LogP contribution in [0, 0.1) is 5.92 Å². The molecule has 0 amide bonds. The third kappa shape index (κ3) is 4.67. The highest BCUT2D eigenvalue weighted by Crippen LogP contribution is 2.11. The van der Waals surface area contributed by atoms with E-state index in [0.717, 1.165) is 25.3 Å². The third-order valence-corrected chi connectivity index (χ3v) is 2.52. The normalized spacial score (nSPS) is 11.3. The molecule has 0 radical (unpaired) electrons. The summed E-state index contributed by atoms with van der Waals surface area (Å²) < 4.78 is 0. The number of hydrogen-bond acceptors (Lipinski definition) is 2. The van der Waals surface area contributed by atoms with Crippen LogP contribution in [0.2, 0.25) is 0 Å². The molecule has 0 unspecified atom stereocenters. The van der Waals surface area contributed by atoms with Crippen LogP contribution in [-0.2, 0) is 6.54 Å². The van der Waals surface area contributed by atoms with Gasteiger partial charge in [0.2, 0.25) is 0 Å². The molecule has 0 aromatic heterocycles. The number of hydrogen-bond donors (Lipinski definition) is 1. The second kappa shape index (κ2) is 6.54. The zero-order chi connectivity index (χ0) is 12.0. The monoisotopic (exact) mass is 220 g/mol. The summed E-state index contributed by atoms with van der Waals surface area (Å²) in [6.45, 7) is 10.1. The minimum absolute atomic E-state index is 0.715. The van der Waals surface area contributed by atoms with Gasteiger partial charge in [0, 0.05) is 18.8 Å². The van der Waals surface area contributed by atoms with Crippen LogP contribution >= 0.6 is 0 Å². The minimum atomic E-state index is 0.715. The van der Waals surface area contributed by atoms with Crippen molar-refractivity contribution >= 4 is 5.69 Å². The standard InChI is InChI=1S/C14H24N2/c1-4-8-16(10-12(2)3)11-13-6-5-7-14(15)9-13/h5-7,9,12H,4,8,10-11,15H2,1-3H3. The van der Waals surface area contributed by atoms with Crippen molar-refractivity contribution in [2.45, 2.75) is 33.7 Å². The number of nitrogen functional groups attached to an aromatic ring is 1. The lowest BCUT2D eigenvalue weighted by atomic mass is 10.1. The summed E-state index contributed by atoms with van der Waals surface area (Å²) >= 11 is 0. The highest BCUT2D eigenvalue weighted by Gasteiger charge is 2.07. The molecule has 0 aliphatic heterocycles. The summed E-state index contributed by atoms with van der Waals surface area (Å²) in [5, 5.41) is 0. The molecule has 1 aromatic rings. The van der Waals surface area contributed by atoms with E-state index >= 15 is 0 Å². The SMILES string of the molecule is CCCN(Cc1cccc(N)c1)CC(C)C. The van der Waals surface area contributed by atoms with Gasteiger partial charge < -0.3 is 5.73 Å². The van der Waals surface area contributed by atoms with Gasteiger partial charge in [-0.2, -0.15) is 0 Å². The lowest BCUT2D eigenvalue weighted by molar-refractivity contribution is 0.236. The first-order valence-electron chi connectivity index (χ1n) is 6.18. The molecule has 0 fully saturated rings. The Morgan fingerprint density at radius 2 is 2.06 bits per heavy atom. The van der Waals surface area contributed by atoms with Gasteiger partial charge in [0.1, 0.15) is 0 Å². The number of benzene rings is 1. The second-order valence-corrected chi connectivity index (χ2v) is 4.87. The number of nitrogens with zero attached hydrogens (tertiary/aromatic N) is 1.